The first-order valence-corrected chi connectivity index (χ1v) is 7.17. The summed E-state index contributed by atoms with van der Waals surface area (Å²) in [6.07, 6.45) is 1.08. The minimum Gasteiger partial charge on any atom is -0.492 e. The van der Waals surface area contributed by atoms with Crippen LogP contribution in [0.3, 0.4) is 0 Å². The van der Waals surface area contributed by atoms with Crippen LogP contribution in [0.4, 0.5) is 0 Å². The maximum Gasteiger partial charge on any atom is 1.00 e. The van der Waals surface area contributed by atoms with Crippen molar-refractivity contribution in [2.24, 2.45) is 0 Å². The Labute approximate surface area is 178 Å². The molecule has 0 aliphatic heterocycles. The molecular formula is C10H9BrClCsNO3S-. The number of rotatable bonds is 1. The molecule has 2 aromatic rings. The fourth-order valence-corrected chi connectivity index (χ4v) is 2.71. The van der Waals surface area contributed by atoms with Crippen LogP contribution in [0.5, 0.6) is 0 Å². The molecule has 0 radical (unpaired) electrons. The van der Waals surface area contributed by atoms with Gasteiger partial charge < -0.3 is 11.8 Å². The largest absolute Gasteiger partial charge is 1.00 e. The Morgan fingerprint density at radius 3 is 2.56 bits per heavy atom. The normalized spacial score (nSPS) is 10.8. The molecule has 0 fully saturated rings. The van der Waals surface area contributed by atoms with E-state index in [-0.39, 0.29) is 92.0 Å². The summed E-state index contributed by atoms with van der Waals surface area (Å²) in [6, 6.07) is 1.26. The van der Waals surface area contributed by atoms with Gasteiger partial charge in [0.05, 0.1) is 0 Å². The second kappa shape index (κ2) is 6.86. The molecule has 0 aliphatic rings. The summed E-state index contributed by atoms with van der Waals surface area (Å²) in [5.74, 6) is 0.315. The number of fused-ring (bicyclic) bond motifs is 1. The minimum atomic E-state index is -3.42. The van der Waals surface area contributed by atoms with E-state index < -0.39 is 9.84 Å². The van der Waals surface area contributed by atoms with Gasteiger partial charge in [-0.3, -0.25) is 4.98 Å². The van der Waals surface area contributed by atoms with E-state index in [0.29, 0.717) is 15.7 Å². The molecule has 4 nitrogen and oxygen atoms in total. The molecule has 2 rings (SSSR count). The molecule has 8 heteroatoms. The molecule has 0 bridgehead atoms. The van der Waals surface area contributed by atoms with E-state index in [1.54, 1.807) is 0 Å². The van der Waals surface area contributed by atoms with E-state index in [1.807, 2.05) is 0 Å². The molecule has 2 aromatic heterocycles. The summed E-state index contributed by atoms with van der Waals surface area (Å²) in [7, 11) is -3.42. The van der Waals surface area contributed by atoms with Crippen molar-refractivity contribution in [3.05, 3.63) is 35.8 Å². The molecule has 0 amide bonds. The Morgan fingerprint density at radius 2 is 2.06 bits per heavy atom. The van der Waals surface area contributed by atoms with Gasteiger partial charge in [0.25, 0.3) is 0 Å². The van der Waals surface area contributed by atoms with Crippen molar-refractivity contribution >= 4 is 48.5 Å². The van der Waals surface area contributed by atoms with E-state index in [4.69, 9.17) is 16.0 Å². The number of hydrogen-bond acceptors (Lipinski definition) is 4. The summed E-state index contributed by atoms with van der Waals surface area (Å²) < 4.78 is 28.8. The van der Waals surface area contributed by atoms with Crippen molar-refractivity contribution in [2.45, 2.75) is 4.90 Å². The van der Waals surface area contributed by atoms with Crippen LogP contribution in [-0.2, 0) is 9.84 Å². The summed E-state index contributed by atoms with van der Waals surface area (Å²) in [6.45, 7) is 3.62. The van der Waals surface area contributed by atoms with Crippen LogP contribution in [-0.4, -0.2) is 19.7 Å². The van der Waals surface area contributed by atoms with Crippen molar-refractivity contribution in [2.75, 3.05) is 6.26 Å². The van der Waals surface area contributed by atoms with Gasteiger partial charge in [-0.2, -0.15) is 15.9 Å². The standard InChI is InChI=1S/C9H6BrClNO3S.CH3.Cs/c1-4-7(10)8-9(15-4)5(16(2,13)14)3-6(11)12-8;;/h3H,1H2,2H3;1H3;/q2*-1;+1. The van der Waals surface area contributed by atoms with Gasteiger partial charge in [-0.1, -0.05) is 16.1 Å². The summed E-state index contributed by atoms with van der Waals surface area (Å²) in [5, 5.41) is 0.0921. The molecule has 0 unspecified atom stereocenters. The van der Waals surface area contributed by atoms with Gasteiger partial charge >= 0.3 is 68.9 Å². The molecule has 0 atom stereocenters. The van der Waals surface area contributed by atoms with Gasteiger partial charge in [-0.15, -0.1) is 0 Å². The van der Waals surface area contributed by atoms with E-state index in [2.05, 4.69) is 27.8 Å². The average Bonchev–Trinajstić information content (AvgIpc) is 2.42. The first kappa shape index (κ1) is 19.3. The second-order valence-electron chi connectivity index (χ2n) is 3.23. The van der Waals surface area contributed by atoms with Crippen molar-refractivity contribution in [1.29, 1.82) is 0 Å². The summed E-state index contributed by atoms with van der Waals surface area (Å²) in [5.41, 5.74) is 0.529. The van der Waals surface area contributed by atoms with Crippen LogP contribution >= 0.6 is 27.5 Å². The fraction of sp³-hybridized carbons (Fsp3) is 0.100. The van der Waals surface area contributed by atoms with E-state index in [1.165, 1.54) is 6.07 Å². The molecule has 94 valence electrons. The van der Waals surface area contributed by atoms with E-state index in [9.17, 15) is 8.42 Å². The maximum atomic E-state index is 11.5. The van der Waals surface area contributed by atoms with E-state index in [0.717, 1.165) is 6.26 Å². The topological polar surface area (TPSA) is 60.2 Å². The Morgan fingerprint density at radius 1 is 1.50 bits per heavy atom. The Hall–Kier alpha value is 1.33. The molecule has 2 heterocycles. The zero-order valence-corrected chi connectivity index (χ0v) is 19.6. The van der Waals surface area contributed by atoms with E-state index >= 15 is 0 Å². The quantitative estimate of drug-likeness (QED) is 0.443. The smallest absolute Gasteiger partial charge is 0.492 e. The summed E-state index contributed by atoms with van der Waals surface area (Å²) >= 11 is 8.97. The second-order valence-corrected chi connectivity index (χ2v) is 6.40. The minimum absolute atomic E-state index is 0. The third kappa shape index (κ3) is 3.70. The van der Waals surface area contributed by atoms with Gasteiger partial charge in [0.2, 0.25) is 0 Å². The SMILES string of the molecule is [CH2-]c1oc2c(S(C)(=O)=O)cc(Cl)nc2c1Br.[CH3-].[Cs+]. The van der Waals surface area contributed by atoms with Crippen LogP contribution in [0, 0.1) is 14.4 Å². The van der Waals surface area contributed by atoms with Crippen molar-refractivity contribution in [1.82, 2.24) is 4.98 Å². The van der Waals surface area contributed by atoms with Crippen LogP contribution < -0.4 is 68.9 Å². The Bertz CT molecular complexity index is 684. The van der Waals surface area contributed by atoms with Crippen molar-refractivity contribution in [3.63, 3.8) is 0 Å². The average molecular weight is 472 g/mol. The first-order chi connectivity index (χ1) is 7.30. The number of furan rings is 1. The molecule has 0 aliphatic carbocycles. The van der Waals surface area contributed by atoms with Crippen LogP contribution in [0.25, 0.3) is 11.1 Å². The van der Waals surface area contributed by atoms with Gasteiger partial charge in [0.15, 0.2) is 9.84 Å². The van der Waals surface area contributed by atoms with Gasteiger partial charge in [-0.05, 0) is 11.8 Å². The van der Waals surface area contributed by atoms with Crippen molar-refractivity contribution < 1.29 is 81.7 Å². The zero-order valence-electron chi connectivity index (χ0n) is 10.1. The number of nitrogens with zero attached hydrogens (tertiary/aromatic N) is 1. The zero-order chi connectivity index (χ0) is 12.1. The molecule has 0 aromatic carbocycles. The fourth-order valence-electron chi connectivity index (χ4n) is 1.30. The number of sulfone groups is 1. The van der Waals surface area contributed by atoms with Gasteiger partial charge in [0, 0.05) is 11.8 Å². The van der Waals surface area contributed by atoms with Crippen LogP contribution in [0.15, 0.2) is 19.9 Å². The maximum absolute atomic E-state index is 11.5. The number of pyridine rings is 1. The van der Waals surface area contributed by atoms with Crippen LogP contribution in [0.1, 0.15) is 5.76 Å². The molecule has 0 saturated heterocycles. The van der Waals surface area contributed by atoms with Gasteiger partial charge in [0.1, 0.15) is 15.6 Å². The molecule has 18 heavy (non-hydrogen) atoms. The molecule has 0 saturated carbocycles. The third-order valence-corrected chi connectivity index (χ3v) is 4.10. The third-order valence-electron chi connectivity index (χ3n) is 1.99. The molecule has 0 N–H and O–H groups in total. The van der Waals surface area contributed by atoms with Crippen LogP contribution in [0.2, 0.25) is 5.15 Å². The Kier molecular flexibility index (Phi) is 7.37. The number of hydrogen-bond donors (Lipinski definition) is 0. The monoisotopic (exact) mass is 470 g/mol. The predicted octanol–water partition coefficient (Wildman–Crippen LogP) is 0.284. The molecule has 0 spiro atoms. The molecular weight excluding hydrogens is 462 g/mol. The summed E-state index contributed by atoms with van der Waals surface area (Å²) in [4.78, 5) is 4.00. The Balaban J connectivity index is 0.00000144. The predicted molar refractivity (Wildman–Crippen MR) is 70.7 cm³/mol. The number of halogens is 2. The number of aromatic nitrogens is 1. The van der Waals surface area contributed by atoms with Crippen molar-refractivity contribution in [3.8, 4) is 0 Å². The van der Waals surface area contributed by atoms with Gasteiger partial charge in [-0.25, -0.2) is 15.3 Å². The first-order valence-electron chi connectivity index (χ1n) is 4.11.